The fourth-order valence-corrected chi connectivity index (χ4v) is 5.21. The van der Waals surface area contributed by atoms with E-state index in [0.29, 0.717) is 13.0 Å². The molecule has 24 heavy (non-hydrogen) atoms. The lowest BCUT2D eigenvalue weighted by Gasteiger charge is -2.65. The van der Waals surface area contributed by atoms with Crippen LogP contribution in [0.15, 0.2) is 18.2 Å². The molecule has 1 N–H and O–H groups in total. The first-order valence-corrected chi connectivity index (χ1v) is 8.55. The summed E-state index contributed by atoms with van der Waals surface area (Å²) in [5, 5.41) is 11.9. The first-order valence-electron chi connectivity index (χ1n) is 8.55. The Labute approximate surface area is 150 Å². The first kappa shape index (κ1) is 18.0. The number of ether oxygens (including phenoxy) is 2. The van der Waals surface area contributed by atoms with Crippen LogP contribution in [0.2, 0.25) is 0 Å². The zero-order valence-electron chi connectivity index (χ0n) is 15.0. The molecule has 0 spiro atoms. The van der Waals surface area contributed by atoms with Gasteiger partial charge in [-0.15, -0.1) is 12.4 Å². The van der Waals surface area contributed by atoms with Gasteiger partial charge in [0.05, 0.1) is 30.3 Å². The SMILES string of the molecule is COc1ccc2c(c1)[C@]13CCN(C)[C@H](C2)[C@]1(O)CC(C)(C)OC3.Cl. The van der Waals surface area contributed by atoms with Gasteiger partial charge in [0.15, 0.2) is 0 Å². The van der Waals surface area contributed by atoms with Crippen LogP contribution in [0.25, 0.3) is 0 Å². The Morgan fingerprint density at radius 1 is 1.33 bits per heavy atom. The third-order valence-corrected chi connectivity index (χ3v) is 6.45. The molecule has 4 nitrogen and oxygen atoms in total. The maximum absolute atomic E-state index is 11.9. The molecule has 1 aromatic rings. The van der Waals surface area contributed by atoms with Crippen molar-refractivity contribution in [2.45, 2.75) is 55.8 Å². The van der Waals surface area contributed by atoms with Gasteiger partial charge >= 0.3 is 0 Å². The van der Waals surface area contributed by atoms with Crippen LogP contribution in [0, 0.1) is 0 Å². The van der Waals surface area contributed by atoms with Crippen molar-refractivity contribution in [3.8, 4) is 5.75 Å². The number of benzene rings is 1. The van der Waals surface area contributed by atoms with Crippen LogP contribution in [-0.4, -0.2) is 54.6 Å². The van der Waals surface area contributed by atoms with Crippen molar-refractivity contribution < 1.29 is 14.6 Å². The van der Waals surface area contributed by atoms with Crippen molar-refractivity contribution in [1.82, 2.24) is 4.90 Å². The van der Waals surface area contributed by atoms with E-state index < -0.39 is 5.60 Å². The second-order valence-electron chi connectivity index (χ2n) is 8.21. The van der Waals surface area contributed by atoms with Crippen molar-refractivity contribution in [2.24, 2.45) is 0 Å². The summed E-state index contributed by atoms with van der Waals surface area (Å²) in [6, 6.07) is 6.48. The van der Waals surface area contributed by atoms with E-state index in [9.17, 15) is 5.11 Å². The molecule has 5 heteroatoms. The molecule has 0 saturated carbocycles. The molecule has 2 fully saturated rings. The molecule has 0 radical (unpaired) electrons. The summed E-state index contributed by atoms with van der Waals surface area (Å²) in [6.07, 6.45) is 2.49. The lowest BCUT2D eigenvalue weighted by atomic mass is 9.51. The van der Waals surface area contributed by atoms with Crippen LogP contribution in [0.5, 0.6) is 5.75 Å². The molecule has 2 heterocycles. The zero-order valence-corrected chi connectivity index (χ0v) is 15.8. The van der Waals surface area contributed by atoms with E-state index in [1.54, 1.807) is 7.11 Å². The molecule has 1 aliphatic carbocycles. The molecule has 0 aromatic heterocycles. The molecular formula is C19H28ClNO3. The number of hydrogen-bond donors (Lipinski definition) is 1. The summed E-state index contributed by atoms with van der Waals surface area (Å²) >= 11 is 0. The Morgan fingerprint density at radius 3 is 2.79 bits per heavy atom. The molecule has 134 valence electrons. The van der Waals surface area contributed by atoms with Gasteiger partial charge in [0.1, 0.15) is 5.75 Å². The van der Waals surface area contributed by atoms with E-state index in [2.05, 4.69) is 37.9 Å². The lowest BCUT2D eigenvalue weighted by Crippen LogP contribution is -2.75. The Kier molecular flexibility index (Phi) is 4.20. The predicted octanol–water partition coefficient (Wildman–Crippen LogP) is 2.55. The van der Waals surface area contributed by atoms with Gasteiger partial charge in [0, 0.05) is 12.5 Å². The number of methoxy groups -OCH3 is 1. The molecule has 0 unspecified atom stereocenters. The summed E-state index contributed by atoms with van der Waals surface area (Å²) in [5.74, 6) is 0.864. The molecule has 4 rings (SSSR count). The largest absolute Gasteiger partial charge is 0.497 e. The fraction of sp³-hybridized carbons (Fsp3) is 0.684. The van der Waals surface area contributed by atoms with Crippen LogP contribution in [0.3, 0.4) is 0 Å². The highest BCUT2D eigenvalue weighted by molar-refractivity contribution is 5.85. The van der Waals surface area contributed by atoms with Gasteiger partial charge in [-0.1, -0.05) is 6.07 Å². The number of nitrogens with zero attached hydrogens (tertiary/aromatic N) is 1. The summed E-state index contributed by atoms with van der Waals surface area (Å²) in [4.78, 5) is 2.34. The highest BCUT2D eigenvalue weighted by Gasteiger charge is 2.66. The lowest BCUT2D eigenvalue weighted by molar-refractivity contribution is -0.241. The molecule has 2 aliphatic heterocycles. The number of aliphatic hydroxyl groups is 1. The minimum absolute atomic E-state index is 0. The quantitative estimate of drug-likeness (QED) is 0.842. The Balaban J connectivity index is 0.00000169. The number of rotatable bonds is 1. The topological polar surface area (TPSA) is 41.9 Å². The van der Waals surface area contributed by atoms with E-state index in [1.807, 2.05) is 6.07 Å². The molecule has 0 amide bonds. The number of fused-ring (bicyclic) bond motifs is 1. The summed E-state index contributed by atoms with van der Waals surface area (Å²) in [5.41, 5.74) is 1.21. The number of likely N-dealkylation sites (tertiary alicyclic amines) is 1. The summed E-state index contributed by atoms with van der Waals surface area (Å²) in [6.45, 7) is 5.76. The third-order valence-electron chi connectivity index (χ3n) is 6.45. The minimum atomic E-state index is -0.749. The average molecular weight is 354 g/mol. The number of hydrogen-bond acceptors (Lipinski definition) is 4. The smallest absolute Gasteiger partial charge is 0.119 e. The summed E-state index contributed by atoms with van der Waals surface area (Å²) < 4.78 is 11.7. The fourth-order valence-electron chi connectivity index (χ4n) is 5.21. The Hall–Kier alpha value is -0.810. The van der Waals surface area contributed by atoms with Crippen molar-refractivity contribution in [3.63, 3.8) is 0 Å². The van der Waals surface area contributed by atoms with Crippen LogP contribution >= 0.6 is 12.4 Å². The van der Waals surface area contributed by atoms with Crippen molar-refractivity contribution in [2.75, 3.05) is 27.3 Å². The molecule has 3 aliphatic rings. The second-order valence-corrected chi connectivity index (χ2v) is 8.21. The molecule has 1 aromatic carbocycles. The zero-order chi connectivity index (χ0) is 16.5. The normalized spacial score (nSPS) is 37.0. The van der Waals surface area contributed by atoms with Crippen LogP contribution in [0.4, 0.5) is 0 Å². The summed E-state index contributed by atoms with van der Waals surface area (Å²) in [7, 11) is 3.84. The standard InChI is InChI=1S/C19H27NO3.ClH/c1-17(2)11-19(21)16-9-13-5-6-14(22-4)10-15(13)18(19,12-23-17)7-8-20(16)3;/h5-6,10,16,21H,7-9,11-12H2,1-4H3;1H/t16-,18-,19-;/m1./s1. The van der Waals surface area contributed by atoms with Gasteiger partial charge < -0.3 is 19.5 Å². The Morgan fingerprint density at radius 2 is 2.08 bits per heavy atom. The number of piperidine rings is 1. The van der Waals surface area contributed by atoms with Gasteiger partial charge in [-0.25, -0.2) is 0 Å². The van der Waals surface area contributed by atoms with E-state index in [-0.39, 0.29) is 29.5 Å². The maximum Gasteiger partial charge on any atom is 0.119 e. The van der Waals surface area contributed by atoms with Gasteiger partial charge in [-0.3, -0.25) is 0 Å². The minimum Gasteiger partial charge on any atom is -0.497 e. The van der Waals surface area contributed by atoms with Crippen LogP contribution in [-0.2, 0) is 16.6 Å². The second kappa shape index (κ2) is 5.60. The molecule has 3 atom stereocenters. The highest BCUT2D eigenvalue weighted by atomic mass is 35.5. The third kappa shape index (κ3) is 2.23. The predicted molar refractivity (Wildman–Crippen MR) is 96.3 cm³/mol. The van der Waals surface area contributed by atoms with Crippen molar-refractivity contribution >= 4 is 12.4 Å². The van der Waals surface area contributed by atoms with Crippen molar-refractivity contribution in [1.29, 1.82) is 0 Å². The number of likely N-dealkylation sites (N-methyl/N-ethyl adjacent to an activating group) is 1. The monoisotopic (exact) mass is 353 g/mol. The van der Waals surface area contributed by atoms with Gasteiger partial charge in [0.25, 0.3) is 0 Å². The maximum atomic E-state index is 11.9. The first-order chi connectivity index (χ1) is 10.8. The highest BCUT2D eigenvalue weighted by Crippen LogP contribution is 2.57. The van der Waals surface area contributed by atoms with E-state index in [0.717, 1.165) is 25.1 Å². The molecular weight excluding hydrogens is 326 g/mol. The van der Waals surface area contributed by atoms with E-state index >= 15 is 0 Å². The van der Waals surface area contributed by atoms with Crippen LogP contribution in [0.1, 0.15) is 37.8 Å². The Bertz CT molecular complexity index is 649. The molecule has 2 saturated heterocycles. The van der Waals surface area contributed by atoms with Crippen molar-refractivity contribution in [3.05, 3.63) is 29.3 Å². The molecule has 2 bridgehead atoms. The van der Waals surface area contributed by atoms with Gasteiger partial charge in [0.2, 0.25) is 0 Å². The van der Waals surface area contributed by atoms with Gasteiger partial charge in [-0.05, 0) is 63.5 Å². The van der Waals surface area contributed by atoms with E-state index in [1.165, 1.54) is 11.1 Å². The average Bonchev–Trinajstić information content (AvgIpc) is 2.49. The number of halogens is 1. The van der Waals surface area contributed by atoms with Gasteiger partial charge in [-0.2, -0.15) is 0 Å². The van der Waals surface area contributed by atoms with Crippen LogP contribution < -0.4 is 4.74 Å². The van der Waals surface area contributed by atoms with E-state index in [4.69, 9.17) is 9.47 Å².